The van der Waals surface area contributed by atoms with Gasteiger partial charge in [0.25, 0.3) is 0 Å². The zero-order valence-electron chi connectivity index (χ0n) is 48.2. The molecule has 0 saturated carbocycles. The lowest BCUT2D eigenvalue weighted by atomic mass is 9.98. The van der Waals surface area contributed by atoms with E-state index in [0.29, 0.717) is 50.2 Å². The number of amides is 6. The van der Waals surface area contributed by atoms with Crippen molar-refractivity contribution in [3.63, 3.8) is 0 Å². The Morgan fingerprint density at radius 2 is 0.902 bits per heavy atom. The Kier molecular flexibility index (Phi) is 20.7. The minimum atomic E-state index is -0.676. The number of aryl methyl sites for hydroxylation is 4. The predicted molar refractivity (Wildman–Crippen MR) is 310 cm³/mol. The molecule has 9 rings (SSSR count). The van der Waals surface area contributed by atoms with Crippen molar-refractivity contribution in [2.24, 2.45) is 0 Å². The quantitative estimate of drug-likeness (QED) is 0.0427. The highest BCUT2D eigenvalue weighted by atomic mass is 16.2. The van der Waals surface area contributed by atoms with E-state index in [9.17, 15) is 28.8 Å². The molecule has 4 aliphatic heterocycles. The number of carbonyl (C=O) groups is 6. The van der Waals surface area contributed by atoms with Crippen LogP contribution in [0.25, 0.3) is 0 Å². The zero-order valence-corrected chi connectivity index (χ0v) is 48.2. The van der Waals surface area contributed by atoms with Gasteiger partial charge in [0.05, 0.1) is 36.6 Å². The first-order chi connectivity index (χ1) is 39.9. The van der Waals surface area contributed by atoms with E-state index >= 15 is 0 Å². The summed E-state index contributed by atoms with van der Waals surface area (Å²) in [4.78, 5) is 86.0. The van der Waals surface area contributed by atoms with Gasteiger partial charge in [-0.3, -0.25) is 38.1 Å². The first kappa shape index (κ1) is 59.3. The van der Waals surface area contributed by atoms with E-state index in [1.54, 1.807) is 37.7 Å². The van der Waals surface area contributed by atoms with Crippen molar-refractivity contribution in [1.29, 1.82) is 0 Å². The number of benzene rings is 3. The molecule has 5 aromatic rings. The number of nitrogens with one attached hydrogen (secondary N) is 6. The average Bonchev–Trinajstić information content (AvgIpc) is 4.39. The molecule has 20 heteroatoms. The second-order valence-electron chi connectivity index (χ2n) is 22.9. The molecule has 20 nitrogen and oxygen atoms in total. The van der Waals surface area contributed by atoms with Gasteiger partial charge in [0, 0.05) is 25.2 Å². The number of carbonyl (C=O) groups excluding carboxylic acids is 6. The van der Waals surface area contributed by atoms with Crippen LogP contribution in [0.5, 0.6) is 0 Å². The van der Waals surface area contributed by atoms with Crippen LogP contribution < -0.4 is 31.9 Å². The molecule has 4 fully saturated rings. The van der Waals surface area contributed by atoms with Crippen LogP contribution >= 0.6 is 0 Å². The smallest absolute Gasteiger partial charge is 0.246 e. The summed E-state index contributed by atoms with van der Waals surface area (Å²) in [6.45, 7) is 4.86. The summed E-state index contributed by atoms with van der Waals surface area (Å²) in [5, 5.41) is 36.4. The molecule has 6 amide bonds. The summed E-state index contributed by atoms with van der Waals surface area (Å²) in [7, 11) is 3.43. The molecule has 0 aliphatic carbocycles. The highest BCUT2D eigenvalue weighted by molar-refractivity contribution is 5.95. The Bertz CT molecular complexity index is 2720. The van der Waals surface area contributed by atoms with Crippen molar-refractivity contribution in [2.75, 3.05) is 14.1 Å². The fourth-order valence-corrected chi connectivity index (χ4v) is 12.3. The van der Waals surface area contributed by atoms with Crippen molar-refractivity contribution in [2.45, 2.75) is 203 Å². The molecule has 82 heavy (non-hydrogen) atoms. The minimum Gasteiger partial charge on any atom is -0.343 e. The third kappa shape index (κ3) is 14.8. The number of aromatic nitrogens is 6. The number of hydrogen-bond donors (Lipinski definition) is 6. The van der Waals surface area contributed by atoms with Crippen LogP contribution in [0.15, 0.2) is 97.3 Å². The predicted octanol–water partition coefficient (Wildman–Crippen LogP) is 5.38. The molecule has 6 N–H and O–H groups in total. The number of nitrogens with zero attached hydrogens (tertiary/aromatic N) is 8. The summed E-state index contributed by atoms with van der Waals surface area (Å²) < 4.78 is 3.68. The molecule has 438 valence electrons. The molecule has 1 unspecified atom stereocenters. The van der Waals surface area contributed by atoms with Gasteiger partial charge in [-0.15, -0.1) is 10.2 Å². The summed E-state index contributed by atoms with van der Waals surface area (Å²) in [6, 6.07) is 23.5. The first-order valence-electron chi connectivity index (χ1n) is 30.1. The molecule has 0 radical (unpaired) electrons. The van der Waals surface area contributed by atoms with Crippen LogP contribution in [-0.4, -0.2) is 138 Å². The highest BCUT2D eigenvalue weighted by Crippen LogP contribution is 2.34. The Balaban J connectivity index is 0.734. The SMILES string of the molecule is CN[C@@H](C)C(=O)NC1CCCC[C@H]2CC[C@@H](C(=O)N[C@@H](c3ccccc3)c3cn(CCCCc4ccc(CCCCn5cc([C@@H](NC(=O)[C@@H]6CC[C@@H]7CCCC[C@H](NC(=O)[C@H](C)NC)C(=O)N76)c6ccccc6)nn5)cc4)nn3)N2C1=O. The van der Waals surface area contributed by atoms with Crippen LogP contribution in [0.4, 0.5) is 0 Å². The van der Waals surface area contributed by atoms with E-state index in [2.05, 4.69) is 76.8 Å². The van der Waals surface area contributed by atoms with E-state index in [1.165, 1.54) is 11.1 Å². The number of fused-ring (bicyclic) bond motifs is 2. The number of rotatable bonds is 24. The fourth-order valence-electron chi connectivity index (χ4n) is 12.3. The standard InChI is InChI=1S/C62H84N14O6/c1-41(63-3)57(77)65-49-27-13-11-25-47-33-35-53(75(47)61(49)81)59(79)67-55(45-21-7-5-8-22-45)51-39-73(71-69-51)37-17-15-19-43-29-31-44(32-30-43)20-16-18-38-74-40-52(70-72-74)56(46-23-9-6-10-24-46)68-60(80)54-36-34-48-26-12-14-28-50(62(82)76(48)54)66-58(78)42(2)64-4/h5-10,21-24,29-32,39-42,47-50,53-56,63-64H,11-20,25-28,33-38H2,1-4H3,(H,65,77)(H,66,78)(H,67,79)(H,68,80)/t41-,42-,47-,48-,49-,50?,53-,54-,55-,56-/m0/s1. The van der Waals surface area contributed by atoms with Crippen molar-refractivity contribution in [3.8, 4) is 0 Å². The van der Waals surface area contributed by atoms with Crippen LogP contribution in [0.3, 0.4) is 0 Å². The molecule has 6 heterocycles. The van der Waals surface area contributed by atoms with Crippen LogP contribution in [0.1, 0.15) is 162 Å². The summed E-state index contributed by atoms with van der Waals surface area (Å²) >= 11 is 0. The number of unbranched alkanes of at least 4 members (excludes halogenated alkanes) is 2. The second-order valence-corrected chi connectivity index (χ2v) is 22.9. The summed E-state index contributed by atoms with van der Waals surface area (Å²) in [5.74, 6) is -1.31. The van der Waals surface area contributed by atoms with Gasteiger partial charge in [-0.25, -0.2) is 0 Å². The van der Waals surface area contributed by atoms with Gasteiger partial charge in [-0.1, -0.05) is 121 Å². The maximum atomic E-state index is 14.3. The van der Waals surface area contributed by atoms with E-state index in [1.807, 2.05) is 82.4 Å². The lowest BCUT2D eigenvalue weighted by Crippen LogP contribution is -2.58. The fraction of sp³-hybridized carbons (Fsp3) is 0.548. The summed E-state index contributed by atoms with van der Waals surface area (Å²) in [5.41, 5.74) is 5.53. The molecular weight excluding hydrogens is 1040 g/mol. The van der Waals surface area contributed by atoms with Crippen LogP contribution in [0, 0.1) is 0 Å². The van der Waals surface area contributed by atoms with Gasteiger partial charge in [-0.2, -0.15) is 0 Å². The largest absolute Gasteiger partial charge is 0.343 e. The molecule has 4 aliphatic rings. The van der Waals surface area contributed by atoms with E-state index < -0.39 is 48.3 Å². The van der Waals surface area contributed by atoms with Crippen LogP contribution in [-0.2, 0) is 54.7 Å². The average molecular weight is 1120 g/mol. The molecule has 10 atom stereocenters. The van der Waals surface area contributed by atoms with Gasteiger partial charge in [0.15, 0.2) is 0 Å². The topological polar surface area (TPSA) is 242 Å². The van der Waals surface area contributed by atoms with Gasteiger partial charge < -0.3 is 41.7 Å². The third-order valence-electron chi connectivity index (χ3n) is 17.3. The van der Waals surface area contributed by atoms with Gasteiger partial charge in [0.2, 0.25) is 35.4 Å². The Morgan fingerprint density at radius 3 is 1.29 bits per heavy atom. The molecule has 4 saturated heterocycles. The highest BCUT2D eigenvalue weighted by Gasteiger charge is 2.46. The maximum Gasteiger partial charge on any atom is 0.246 e. The number of hydrogen-bond acceptors (Lipinski definition) is 12. The van der Waals surface area contributed by atoms with Gasteiger partial charge >= 0.3 is 0 Å². The van der Waals surface area contributed by atoms with Crippen LogP contribution in [0.2, 0.25) is 0 Å². The maximum absolute atomic E-state index is 14.3. The lowest BCUT2D eigenvalue weighted by Gasteiger charge is -2.36. The molecule has 0 spiro atoms. The Labute approximate surface area is 482 Å². The van der Waals surface area contributed by atoms with Crippen molar-refractivity contribution in [3.05, 3.63) is 131 Å². The minimum absolute atomic E-state index is 0.0483. The number of likely N-dealkylation sites (N-methyl/N-ethyl adjacent to an activating group) is 2. The van der Waals surface area contributed by atoms with Gasteiger partial charge in [0.1, 0.15) is 35.6 Å². The lowest BCUT2D eigenvalue weighted by molar-refractivity contribution is -0.144. The van der Waals surface area contributed by atoms with Crippen molar-refractivity contribution >= 4 is 35.4 Å². The molecule has 2 aromatic heterocycles. The van der Waals surface area contributed by atoms with Crippen molar-refractivity contribution < 1.29 is 28.8 Å². The summed E-state index contributed by atoms with van der Waals surface area (Å²) in [6.07, 6.45) is 18.2. The monoisotopic (exact) mass is 1120 g/mol. The Hall–Kier alpha value is -7.32. The zero-order chi connectivity index (χ0) is 57.5. The second kappa shape index (κ2) is 28.6. The molecule has 0 bridgehead atoms. The first-order valence-corrected chi connectivity index (χ1v) is 30.1. The normalized spacial score (nSPS) is 22.5. The van der Waals surface area contributed by atoms with Crippen molar-refractivity contribution in [1.82, 2.24) is 71.7 Å². The third-order valence-corrected chi connectivity index (χ3v) is 17.3. The molecular formula is C62H84N14O6. The Morgan fingerprint density at radius 1 is 0.512 bits per heavy atom. The molecule has 3 aromatic carbocycles. The van der Waals surface area contributed by atoms with E-state index in [4.69, 9.17) is 0 Å². The van der Waals surface area contributed by atoms with E-state index in [-0.39, 0.29) is 47.5 Å². The van der Waals surface area contributed by atoms with Gasteiger partial charge in [-0.05, 0) is 140 Å². The van der Waals surface area contributed by atoms with E-state index in [0.717, 1.165) is 101 Å².